The number of hydrogen-bond acceptors (Lipinski definition) is 4. The third kappa shape index (κ3) is 5.19. The summed E-state index contributed by atoms with van der Waals surface area (Å²) in [5.41, 5.74) is 0.200. The van der Waals surface area contributed by atoms with Crippen molar-refractivity contribution in [3.05, 3.63) is 54.3 Å². The van der Waals surface area contributed by atoms with Crippen LogP contribution in [0.2, 0.25) is 0 Å². The lowest BCUT2D eigenvalue weighted by Gasteiger charge is -2.25. The van der Waals surface area contributed by atoms with Crippen molar-refractivity contribution in [3.63, 3.8) is 0 Å². The molecule has 0 radical (unpaired) electrons. The van der Waals surface area contributed by atoms with Crippen molar-refractivity contribution in [2.75, 3.05) is 18.0 Å². The van der Waals surface area contributed by atoms with Gasteiger partial charge in [0.25, 0.3) is 10.0 Å². The maximum atomic E-state index is 13.3. The molecule has 0 aliphatic carbocycles. The van der Waals surface area contributed by atoms with Crippen molar-refractivity contribution in [2.45, 2.75) is 31.2 Å². The molecule has 8 heteroatoms. The number of nitrogens with one attached hydrogen (secondary N) is 1. The van der Waals surface area contributed by atoms with Gasteiger partial charge in [-0.05, 0) is 61.9 Å². The average molecular weight is 394 g/mol. The molecule has 0 aliphatic rings. The Bertz CT molecular complexity index is 868. The van der Waals surface area contributed by atoms with E-state index in [0.717, 1.165) is 16.4 Å². The second-order valence-corrected chi connectivity index (χ2v) is 7.90. The highest BCUT2D eigenvalue weighted by atomic mass is 32.2. The number of ether oxygens (including phenoxy) is 1. The van der Waals surface area contributed by atoms with Gasteiger partial charge in [-0.15, -0.1) is 0 Å². The van der Waals surface area contributed by atoms with Crippen LogP contribution in [0.1, 0.15) is 20.3 Å². The predicted octanol–water partition coefficient (Wildman–Crippen LogP) is 2.94. The molecule has 0 spiro atoms. The molecular weight excluding hydrogens is 371 g/mol. The fraction of sp³-hybridized carbons (Fsp3) is 0.316. The SMILES string of the molecule is CCC(C)NC(=O)CN(c1ccc(F)cc1)S(=O)(=O)c1ccc(OC)cc1. The number of halogens is 1. The Kier molecular flexibility index (Phi) is 6.79. The number of carbonyl (C=O) groups excluding carboxylic acids is 1. The highest BCUT2D eigenvalue weighted by Crippen LogP contribution is 2.25. The zero-order valence-electron chi connectivity index (χ0n) is 15.5. The first-order chi connectivity index (χ1) is 12.8. The number of nitrogens with zero attached hydrogens (tertiary/aromatic N) is 1. The quantitative estimate of drug-likeness (QED) is 0.747. The molecule has 27 heavy (non-hydrogen) atoms. The molecule has 1 amide bonds. The number of carbonyl (C=O) groups is 1. The minimum absolute atomic E-state index is 0.00367. The summed E-state index contributed by atoms with van der Waals surface area (Å²) in [6.07, 6.45) is 0.716. The van der Waals surface area contributed by atoms with E-state index in [4.69, 9.17) is 4.74 Å². The van der Waals surface area contributed by atoms with Gasteiger partial charge in [-0.3, -0.25) is 9.10 Å². The number of anilines is 1. The molecule has 0 saturated carbocycles. The second kappa shape index (κ2) is 8.85. The summed E-state index contributed by atoms with van der Waals surface area (Å²) in [5, 5.41) is 2.74. The zero-order valence-corrected chi connectivity index (χ0v) is 16.3. The van der Waals surface area contributed by atoms with E-state index in [-0.39, 0.29) is 16.6 Å². The van der Waals surface area contributed by atoms with Gasteiger partial charge in [0, 0.05) is 6.04 Å². The Balaban J connectivity index is 2.40. The Morgan fingerprint density at radius 3 is 2.26 bits per heavy atom. The van der Waals surface area contributed by atoms with Crippen LogP contribution in [0.25, 0.3) is 0 Å². The smallest absolute Gasteiger partial charge is 0.264 e. The van der Waals surface area contributed by atoms with Crippen LogP contribution in [0.3, 0.4) is 0 Å². The first kappa shape index (κ1) is 20.7. The van der Waals surface area contributed by atoms with E-state index in [2.05, 4.69) is 5.32 Å². The molecule has 1 unspecified atom stereocenters. The molecule has 2 aromatic rings. The van der Waals surface area contributed by atoms with Gasteiger partial charge in [0.15, 0.2) is 0 Å². The van der Waals surface area contributed by atoms with Gasteiger partial charge < -0.3 is 10.1 Å². The summed E-state index contributed by atoms with van der Waals surface area (Å²) < 4.78 is 45.5. The van der Waals surface area contributed by atoms with Gasteiger partial charge in [-0.2, -0.15) is 0 Å². The molecular formula is C19H23FN2O4S. The fourth-order valence-corrected chi connectivity index (χ4v) is 3.77. The topological polar surface area (TPSA) is 75.7 Å². The van der Waals surface area contributed by atoms with Crippen LogP contribution >= 0.6 is 0 Å². The van der Waals surface area contributed by atoms with E-state index < -0.39 is 28.3 Å². The third-order valence-electron chi connectivity index (χ3n) is 4.07. The summed E-state index contributed by atoms with van der Waals surface area (Å²) in [4.78, 5) is 12.3. The van der Waals surface area contributed by atoms with Crippen molar-refractivity contribution in [1.82, 2.24) is 5.32 Å². The lowest BCUT2D eigenvalue weighted by molar-refractivity contribution is -0.120. The lowest BCUT2D eigenvalue weighted by Crippen LogP contribution is -2.43. The van der Waals surface area contributed by atoms with Crippen molar-refractivity contribution in [1.29, 1.82) is 0 Å². The average Bonchev–Trinajstić information content (AvgIpc) is 2.66. The van der Waals surface area contributed by atoms with Crippen LogP contribution in [-0.2, 0) is 14.8 Å². The highest BCUT2D eigenvalue weighted by molar-refractivity contribution is 7.92. The number of sulfonamides is 1. The Labute approximate surface area is 159 Å². The fourth-order valence-electron chi connectivity index (χ4n) is 2.35. The number of hydrogen-bond donors (Lipinski definition) is 1. The first-order valence-electron chi connectivity index (χ1n) is 8.49. The Morgan fingerprint density at radius 1 is 1.15 bits per heavy atom. The first-order valence-corrected chi connectivity index (χ1v) is 9.93. The summed E-state index contributed by atoms with van der Waals surface area (Å²) in [7, 11) is -2.56. The van der Waals surface area contributed by atoms with Crippen LogP contribution in [0.4, 0.5) is 10.1 Å². The van der Waals surface area contributed by atoms with Gasteiger partial charge >= 0.3 is 0 Å². The third-order valence-corrected chi connectivity index (χ3v) is 5.86. The monoisotopic (exact) mass is 394 g/mol. The van der Waals surface area contributed by atoms with Crippen molar-refractivity contribution >= 4 is 21.6 Å². The summed E-state index contributed by atoms with van der Waals surface area (Å²) in [6.45, 7) is 3.33. The van der Waals surface area contributed by atoms with Crippen molar-refractivity contribution in [3.8, 4) is 5.75 Å². The molecule has 1 N–H and O–H groups in total. The molecule has 146 valence electrons. The number of amides is 1. The van der Waals surface area contributed by atoms with Crippen LogP contribution in [0.5, 0.6) is 5.75 Å². The molecule has 0 saturated heterocycles. The van der Waals surface area contributed by atoms with E-state index in [0.29, 0.717) is 12.2 Å². The normalized spacial score (nSPS) is 12.3. The van der Waals surface area contributed by atoms with E-state index in [9.17, 15) is 17.6 Å². The highest BCUT2D eigenvalue weighted by Gasteiger charge is 2.27. The van der Waals surface area contributed by atoms with E-state index in [1.165, 1.54) is 43.5 Å². The largest absolute Gasteiger partial charge is 0.497 e. The second-order valence-electron chi connectivity index (χ2n) is 6.04. The van der Waals surface area contributed by atoms with Crippen molar-refractivity contribution < 1.29 is 22.3 Å². The Hall–Kier alpha value is -2.61. The van der Waals surface area contributed by atoms with Crippen LogP contribution in [-0.4, -0.2) is 34.0 Å². The van der Waals surface area contributed by atoms with Gasteiger partial charge in [0.1, 0.15) is 18.1 Å². The van der Waals surface area contributed by atoms with Crippen LogP contribution in [0.15, 0.2) is 53.4 Å². The van der Waals surface area contributed by atoms with Crippen LogP contribution < -0.4 is 14.4 Å². The predicted molar refractivity (Wildman–Crippen MR) is 102 cm³/mol. The number of benzene rings is 2. The number of rotatable bonds is 8. The molecule has 2 rings (SSSR count). The number of methoxy groups -OCH3 is 1. The molecule has 0 fully saturated rings. The standard InChI is InChI=1S/C19H23FN2O4S/c1-4-14(2)21-19(23)13-22(16-7-5-15(20)6-8-16)27(24,25)18-11-9-17(26-3)10-12-18/h5-12,14H,4,13H2,1-3H3,(H,21,23). The molecule has 0 heterocycles. The van der Waals surface area contributed by atoms with Gasteiger partial charge in [0.2, 0.25) is 5.91 Å². The van der Waals surface area contributed by atoms with E-state index in [1.54, 1.807) is 0 Å². The van der Waals surface area contributed by atoms with Gasteiger partial charge in [-0.1, -0.05) is 6.92 Å². The molecule has 6 nitrogen and oxygen atoms in total. The zero-order chi connectivity index (χ0) is 20.0. The molecule has 1 atom stereocenters. The lowest BCUT2D eigenvalue weighted by atomic mass is 10.2. The maximum Gasteiger partial charge on any atom is 0.264 e. The minimum Gasteiger partial charge on any atom is -0.497 e. The summed E-state index contributed by atoms with van der Waals surface area (Å²) in [5.74, 6) is -0.424. The van der Waals surface area contributed by atoms with Gasteiger partial charge in [-0.25, -0.2) is 12.8 Å². The minimum atomic E-state index is -4.04. The Morgan fingerprint density at radius 2 is 1.74 bits per heavy atom. The van der Waals surface area contributed by atoms with E-state index >= 15 is 0 Å². The molecule has 0 aliphatic heterocycles. The molecule has 0 bridgehead atoms. The van der Waals surface area contributed by atoms with E-state index in [1.807, 2.05) is 13.8 Å². The summed E-state index contributed by atoms with van der Waals surface area (Å²) in [6, 6.07) is 10.7. The summed E-state index contributed by atoms with van der Waals surface area (Å²) >= 11 is 0. The maximum absolute atomic E-state index is 13.3. The molecule has 2 aromatic carbocycles. The van der Waals surface area contributed by atoms with Crippen LogP contribution in [0, 0.1) is 5.82 Å². The van der Waals surface area contributed by atoms with Gasteiger partial charge in [0.05, 0.1) is 17.7 Å². The molecule has 0 aromatic heterocycles. The van der Waals surface area contributed by atoms with Crippen molar-refractivity contribution in [2.24, 2.45) is 0 Å².